The molecule has 0 bridgehead atoms. The zero-order chi connectivity index (χ0) is 13.7. The fraction of sp³-hybridized carbons (Fsp3) is 0.364. The van der Waals surface area contributed by atoms with Crippen molar-refractivity contribution in [3.05, 3.63) is 27.8 Å². The van der Waals surface area contributed by atoms with Crippen molar-refractivity contribution in [3.63, 3.8) is 0 Å². The average molecular weight is 288 g/mol. The van der Waals surface area contributed by atoms with E-state index in [0.29, 0.717) is 5.75 Å². The maximum atomic E-state index is 11.0. The fourth-order valence-corrected chi connectivity index (χ4v) is 1.55. The molecule has 0 saturated heterocycles. The second-order valence-electron chi connectivity index (χ2n) is 3.49. The van der Waals surface area contributed by atoms with E-state index in [9.17, 15) is 10.1 Å². The first kappa shape index (κ1) is 17.0. The lowest BCUT2D eigenvalue weighted by atomic mass is 10.0. The second kappa shape index (κ2) is 7.41. The van der Waals surface area contributed by atoms with Gasteiger partial charge in [-0.3, -0.25) is 10.1 Å². The molecule has 1 aromatic rings. The molecule has 1 atom stereocenters. The third-order valence-corrected chi connectivity index (χ3v) is 2.44. The SMILES string of the molecule is COc1cc([C@@H](N)CC#N)c([N+](=O)[O-])cc1OC.Cl. The topological polar surface area (TPSA) is 111 Å². The predicted octanol–water partition coefficient (Wildman–Crippen LogP) is 1.95. The summed E-state index contributed by atoms with van der Waals surface area (Å²) in [6.45, 7) is 0. The van der Waals surface area contributed by atoms with Crippen molar-refractivity contribution in [2.24, 2.45) is 5.73 Å². The molecule has 0 spiro atoms. The predicted molar refractivity (Wildman–Crippen MR) is 70.6 cm³/mol. The quantitative estimate of drug-likeness (QED) is 0.654. The smallest absolute Gasteiger partial charge is 0.278 e. The molecular weight excluding hydrogens is 274 g/mol. The Balaban J connectivity index is 0.00000324. The lowest BCUT2D eigenvalue weighted by molar-refractivity contribution is -0.385. The van der Waals surface area contributed by atoms with Crippen LogP contribution in [-0.4, -0.2) is 19.1 Å². The summed E-state index contributed by atoms with van der Waals surface area (Å²) in [7, 11) is 2.81. The average Bonchev–Trinajstić information content (AvgIpc) is 2.37. The fourth-order valence-electron chi connectivity index (χ4n) is 1.55. The van der Waals surface area contributed by atoms with Gasteiger partial charge in [0.05, 0.1) is 43.3 Å². The number of nitro groups is 1. The van der Waals surface area contributed by atoms with Crippen molar-refractivity contribution in [2.75, 3.05) is 14.2 Å². The molecule has 0 amide bonds. The van der Waals surface area contributed by atoms with Crippen LogP contribution in [-0.2, 0) is 0 Å². The third kappa shape index (κ3) is 3.71. The molecule has 1 aromatic carbocycles. The Morgan fingerprint density at radius 2 is 1.95 bits per heavy atom. The Morgan fingerprint density at radius 3 is 2.37 bits per heavy atom. The highest BCUT2D eigenvalue weighted by Crippen LogP contribution is 2.37. The number of benzene rings is 1. The first-order valence-electron chi connectivity index (χ1n) is 5.08. The maximum Gasteiger partial charge on any atom is 0.278 e. The molecule has 104 valence electrons. The van der Waals surface area contributed by atoms with E-state index in [1.807, 2.05) is 6.07 Å². The number of ether oxygens (including phenoxy) is 2. The molecule has 1 rings (SSSR count). The lowest BCUT2D eigenvalue weighted by Crippen LogP contribution is -2.12. The number of nitrogens with zero attached hydrogens (tertiary/aromatic N) is 2. The highest BCUT2D eigenvalue weighted by molar-refractivity contribution is 5.85. The van der Waals surface area contributed by atoms with Gasteiger partial charge in [0.2, 0.25) is 0 Å². The van der Waals surface area contributed by atoms with E-state index in [2.05, 4.69) is 0 Å². The van der Waals surface area contributed by atoms with Gasteiger partial charge in [0.25, 0.3) is 5.69 Å². The van der Waals surface area contributed by atoms with Gasteiger partial charge in [0, 0.05) is 6.04 Å². The summed E-state index contributed by atoms with van der Waals surface area (Å²) < 4.78 is 10.0. The molecular formula is C11H14ClN3O4. The summed E-state index contributed by atoms with van der Waals surface area (Å²) in [5.74, 6) is 0.587. The van der Waals surface area contributed by atoms with Crippen LogP contribution < -0.4 is 15.2 Å². The second-order valence-corrected chi connectivity index (χ2v) is 3.49. The molecule has 8 heteroatoms. The van der Waals surface area contributed by atoms with Gasteiger partial charge in [-0.15, -0.1) is 12.4 Å². The van der Waals surface area contributed by atoms with E-state index in [-0.39, 0.29) is 35.8 Å². The number of nitrogens with two attached hydrogens (primary N) is 1. The molecule has 0 unspecified atom stereocenters. The van der Waals surface area contributed by atoms with Crippen LogP contribution in [0.4, 0.5) is 5.69 Å². The van der Waals surface area contributed by atoms with E-state index < -0.39 is 11.0 Å². The van der Waals surface area contributed by atoms with Crippen molar-refractivity contribution >= 4 is 18.1 Å². The van der Waals surface area contributed by atoms with Crippen LogP contribution in [0.15, 0.2) is 12.1 Å². The van der Waals surface area contributed by atoms with Crippen molar-refractivity contribution in [1.82, 2.24) is 0 Å². The Hall–Kier alpha value is -2.04. The zero-order valence-electron chi connectivity index (χ0n) is 10.5. The lowest BCUT2D eigenvalue weighted by Gasteiger charge is -2.13. The molecule has 0 aliphatic heterocycles. The van der Waals surface area contributed by atoms with Gasteiger partial charge >= 0.3 is 0 Å². The molecule has 0 fully saturated rings. The van der Waals surface area contributed by atoms with Gasteiger partial charge < -0.3 is 15.2 Å². The van der Waals surface area contributed by atoms with Crippen LogP contribution >= 0.6 is 12.4 Å². The van der Waals surface area contributed by atoms with Crippen molar-refractivity contribution in [1.29, 1.82) is 5.26 Å². The van der Waals surface area contributed by atoms with Gasteiger partial charge in [0.15, 0.2) is 11.5 Å². The summed E-state index contributed by atoms with van der Waals surface area (Å²) in [6, 6.07) is 3.81. The van der Waals surface area contributed by atoms with Crippen LogP contribution in [0, 0.1) is 21.4 Å². The molecule has 0 aromatic heterocycles. The molecule has 7 nitrogen and oxygen atoms in total. The largest absolute Gasteiger partial charge is 0.493 e. The third-order valence-electron chi connectivity index (χ3n) is 2.44. The molecule has 0 aliphatic carbocycles. The van der Waals surface area contributed by atoms with Crippen LogP contribution in [0.2, 0.25) is 0 Å². The maximum absolute atomic E-state index is 11.0. The van der Waals surface area contributed by atoms with Crippen LogP contribution in [0.5, 0.6) is 11.5 Å². The van der Waals surface area contributed by atoms with Gasteiger partial charge in [0.1, 0.15) is 0 Å². The van der Waals surface area contributed by atoms with Gasteiger partial charge in [-0.1, -0.05) is 0 Å². The summed E-state index contributed by atoms with van der Waals surface area (Å²) in [6.07, 6.45) is -0.0175. The van der Waals surface area contributed by atoms with Gasteiger partial charge in [-0.05, 0) is 6.07 Å². The Labute approximate surface area is 116 Å². The summed E-state index contributed by atoms with van der Waals surface area (Å²) in [4.78, 5) is 10.4. The minimum atomic E-state index is -0.741. The van der Waals surface area contributed by atoms with E-state index in [4.69, 9.17) is 20.5 Å². The first-order valence-corrected chi connectivity index (χ1v) is 5.08. The highest BCUT2D eigenvalue weighted by atomic mass is 35.5. The van der Waals surface area contributed by atoms with E-state index in [1.165, 1.54) is 26.4 Å². The molecule has 0 aliphatic rings. The zero-order valence-corrected chi connectivity index (χ0v) is 11.3. The van der Waals surface area contributed by atoms with Crippen LogP contribution in [0.3, 0.4) is 0 Å². The van der Waals surface area contributed by atoms with Crippen molar-refractivity contribution in [2.45, 2.75) is 12.5 Å². The Kier molecular flexibility index (Phi) is 6.61. The number of nitro benzene ring substituents is 1. The van der Waals surface area contributed by atoms with E-state index >= 15 is 0 Å². The van der Waals surface area contributed by atoms with E-state index in [0.717, 1.165) is 0 Å². The molecule has 0 radical (unpaired) electrons. The minimum Gasteiger partial charge on any atom is -0.493 e. The minimum absolute atomic E-state index is 0. The Bertz CT molecular complexity index is 501. The molecule has 0 heterocycles. The highest BCUT2D eigenvalue weighted by Gasteiger charge is 2.23. The standard InChI is InChI=1S/C11H13N3O4.ClH/c1-17-10-5-7(8(13)3-4-12)9(14(15)16)6-11(10)18-2;/h5-6,8H,3,13H2,1-2H3;1H/t8-;/m0./s1. The van der Waals surface area contributed by atoms with Gasteiger partial charge in [-0.2, -0.15) is 5.26 Å². The molecule has 19 heavy (non-hydrogen) atoms. The van der Waals surface area contributed by atoms with Crippen molar-refractivity contribution < 1.29 is 14.4 Å². The Morgan fingerprint density at radius 1 is 1.42 bits per heavy atom. The monoisotopic (exact) mass is 287 g/mol. The normalized spacial score (nSPS) is 10.8. The van der Waals surface area contributed by atoms with E-state index in [1.54, 1.807) is 0 Å². The number of methoxy groups -OCH3 is 2. The number of rotatable bonds is 5. The number of hydrogen-bond acceptors (Lipinski definition) is 6. The summed E-state index contributed by atoms with van der Waals surface area (Å²) >= 11 is 0. The summed E-state index contributed by atoms with van der Waals surface area (Å²) in [5.41, 5.74) is 5.80. The van der Waals surface area contributed by atoms with Crippen molar-refractivity contribution in [3.8, 4) is 17.6 Å². The molecule has 0 saturated carbocycles. The number of nitriles is 1. The first-order chi connectivity index (χ1) is 8.54. The molecule has 2 N–H and O–H groups in total. The number of hydrogen-bond donors (Lipinski definition) is 1. The number of halogens is 1. The van der Waals surface area contributed by atoms with Crippen LogP contribution in [0.1, 0.15) is 18.0 Å². The summed E-state index contributed by atoms with van der Waals surface area (Å²) in [5, 5.41) is 19.6. The van der Waals surface area contributed by atoms with Crippen LogP contribution in [0.25, 0.3) is 0 Å². The van der Waals surface area contributed by atoms with Gasteiger partial charge in [-0.25, -0.2) is 0 Å².